The summed E-state index contributed by atoms with van der Waals surface area (Å²) < 4.78 is 0. The molecule has 6 heteroatoms. The summed E-state index contributed by atoms with van der Waals surface area (Å²) in [5.74, 6) is -0.506. The normalized spacial score (nSPS) is 15.0. The van der Waals surface area contributed by atoms with Crippen molar-refractivity contribution in [3.63, 3.8) is 0 Å². The van der Waals surface area contributed by atoms with E-state index in [1.807, 2.05) is 30.3 Å². The van der Waals surface area contributed by atoms with Gasteiger partial charge in [-0.05, 0) is 41.5 Å². The number of hydrogen-bond acceptors (Lipinski definition) is 3. The number of nitrogens with zero attached hydrogens (tertiary/aromatic N) is 1. The maximum Gasteiger partial charge on any atom is 0.251 e. The van der Waals surface area contributed by atoms with Gasteiger partial charge in [-0.1, -0.05) is 24.3 Å². The summed E-state index contributed by atoms with van der Waals surface area (Å²) in [5, 5.41) is 5.38. The van der Waals surface area contributed by atoms with Gasteiger partial charge in [-0.2, -0.15) is 0 Å². The Morgan fingerprint density at radius 2 is 1.74 bits per heavy atom. The van der Waals surface area contributed by atoms with Crippen LogP contribution >= 0.6 is 0 Å². The summed E-state index contributed by atoms with van der Waals surface area (Å²) >= 11 is 0. The third kappa shape index (κ3) is 4.06. The highest BCUT2D eigenvalue weighted by Gasteiger charge is 2.28. The van der Waals surface area contributed by atoms with E-state index in [0.29, 0.717) is 11.3 Å². The van der Waals surface area contributed by atoms with Gasteiger partial charge < -0.3 is 15.5 Å². The van der Waals surface area contributed by atoms with Crippen molar-refractivity contribution < 1.29 is 14.4 Å². The Kier molecular flexibility index (Phi) is 5.35. The number of hydrogen-bond donors (Lipinski definition) is 2. The van der Waals surface area contributed by atoms with Crippen LogP contribution in [0.25, 0.3) is 6.08 Å². The molecule has 0 aliphatic carbocycles. The van der Waals surface area contributed by atoms with Crippen molar-refractivity contribution in [1.82, 2.24) is 10.2 Å². The van der Waals surface area contributed by atoms with E-state index < -0.39 is 0 Å². The summed E-state index contributed by atoms with van der Waals surface area (Å²) in [6.07, 6.45) is 3.74. The number of carbonyl (C=O) groups is 3. The molecule has 138 valence electrons. The lowest BCUT2D eigenvalue weighted by atomic mass is 9.93. The van der Waals surface area contributed by atoms with Gasteiger partial charge in [0.15, 0.2) is 0 Å². The summed E-state index contributed by atoms with van der Waals surface area (Å²) in [4.78, 5) is 37.7. The molecule has 0 bridgehead atoms. The maximum absolute atomic E-state index is 12.6. The van der Waals surface area contributed by atoms with Crippen LogP contribution in [0.3, 0.4) is 0 Å². The summed E-state index contributed by atoms with van der Waals surface area (Å²) in [6.45, 7) is 1.49. The van der Waals surface area contributed by atoms with Crippen LogP contribution in [-0.4, -0.2) is 29.7 Å². The Balaban J connectivity index is 1.75. The fourth-order valence-electron chi connectivity index (χ4n) is 3.15. The molecule has 6 nitrogen and oxygen atoms in total. The van der Waals surface area contributed by atoms with Gasteiger partial charge in [-0.3, -0.25) is 14.4 Å². The summed E-state index contributed by atoms with van der Waals surface area (Å²) in [7, 11) is 1.56. The van der Waals surface area contributed by atoms with Crippen LogP contribution in [0.15, 0.2) is 54.7 Å². The first kappa shape index (κ1) is 18.4. The molecular formula is C21H21N3O3. The predicted molar refractivity (Wildman–Crippen MR) is 104 cm³/mol. The molecule has 0 aromatic heterocycles. The largest absolute Gasteiger partial charge is 0.355 e. The molecule has 1 atom stereocenters. The van der Waals surface area contributed by atoms with Gasteiger partial charge in [-0.25, -0.2) is 0 Å². The van der Waals surface area contributed by atoms with Crippen molar-refractivity contribution in [1.29, 1.82) is 0 Å². The van der Waals surface area contributed by atoms with Gasteiger partial charge in [0.05, 0.1) is 12.5 Å². The summed E-state index contributed by atoms with van der Waals surface area (Å²) in [6, 6.07) is 14.0. The lowest BCUT2D eigenvalue weighted by Crippen LogP contribution is -2.33. The minimum Gasteiger partial charge on any atom is -0.355 e. The van der Waals surface area contributed by atoms with Crippen molar-refractivity contribution >= 4 is 29.5 Å². The first-order valence-corrected chi connectivity index (χ1v) is 8.67. The number of carbonyl (C=O) groups excluding carboxylic acids is 3. The van der Waals surface area contributed by atoms with Crippen molar-refractivity contribution in [2.75, 3.05) is 12.4 Å². The van der Waals surface area contributed by atoms with E-state index in [4.69, 9.17) is 0 Å². The fraction of sp³-hybridized carbons (Fsp3) is 0.190. The van der Waals surface area contributed by atoms with Gasteiger partial charge in [-0.15, -0.1) is 0 Å². The average molecular weight is 363 g/mol. The van der Waals surface area contributed by atoms with E-state index in [1.54, 1.807) is 42.4 Å². The number of nitrogens with one attached hydrogen (secondary N) is 2. The molecule has 0 spiro atoms. The molecule has 1 heterocycles. The maximum atomic E-state index is 12.6. The lowest BCUT2D eigenvalue weighted by Gasteiger charge is -2.32. The SMILES string of the molecule is CNC(=O)c1ccc(NC(=O)C[C@@H]2c3ccccc3C=CN2C(C)=O)cc1. The van der Waals surface area contributed by atoms with Crippen LogP contribution in [0.2, 0.25) is 0 Å². The Morgan fingerprint density at radius 1 is 1.04 bits per heavy atom. The summed E-state index contributed by atoms with van der Waals surface area (Å²) in [5.41, 5.74) is 3.06. The monoisotopic (exact) mass is 363 g/mol. The van der Waals surface area contributed by atoms with Crippen LogP contribution in [-0.2, 0) is 9.59 Å². The van der Waals surface area contributed by atoms with E-state index in [9.17, 15) is 14.4 Å². The molecule has 0 fully saturated rings. The van der Waals surface area contributed by atoms with Gasteiger partial charge in [0.2, 0.25) is 11.8 Å². The van der Waals surface area contributed by atoms with E-state index in [-0.39, 0.29) is 30.2 Å². The molecule has 0 saturated carbocycles. The number of rotatable bonds is 4. The molecule has 0 unspecified atom stereocenters. The molecule has 2 aromatic carbocycles. The minimum atomic E-state index is -0.353. The van der Waals surface area contributed by atoms with E-state index in [2.05, 4.69) is 10.6 Å². The molecule has 2 N–H and O–H groups in total. The van der Waals surface area contributed by atoms with Crippen LogP contribution < -0.4 is 10.6 Å². The number of amides is 3. The average Bonchev–Trinajstić information content (AvgIpc) is 2.68. The molecule has 0 saturated heterocycles. The molecule has 1 aliphatic heterocycles. The van der Waals surface area contributed by atoms with Crippen molar-refractivity contribution in [3.8, 4) is 0 Å². The van der Waals surface area contributed by atoms with Gasteiger partial charge in [0, 0.05) is 31.4 Å². The standard InChI is InChI=1S/C21H21N3O3/c1-14(25)24-12-11-15-5-3-4-6-18(15)19(24)13-20(26)23-17-9-7-16(8-10-17)21(27)22-2/h3-12,19H,13H2,1-2H3,(H,22,27)(H,23,26)/t19-/m1/s1. The van der Waals surface area contributed by atoms with E-state index in [1.165, 1.54) is 6.92 Å². The predicted octanol–water partition coefficient (Wildman–Crippen LogP) is 2.95. The molecule has 27 heavy (non-hydrogen) atoms. The Bertz CT molecular complexity index is 903. The van der Waals surface area contributed by atoms with Crippen molar-refractivity contribution in [2.24, 2.45) is 0 Å². The number of benzene rings is 2. The van der Waals surface area contributed by atoms with Crippen LogP contribution in [0.4, 0.5) is 5.69 Å². The molecule has 3 amide bonds. The van der Waals surface area contributed by atoms with Crippen molar-refractivity contribution in [2.45, 2.75) is 19.4 Å². The Hall–Kier alpha value is -3.41. The van der Waals surface area contributed by atoms with Crippen molar-refractivity contribution in [3.05, 3.63) is 71.4 Å². The molecular weight excluding hydrogens is 342 g/mol. The first-order valence-electron chi connectivity index (χ1n) is 8.67. The molecule has 3 rings (SSSR count). The van der Waals surface area contributed by atoms with Crippen LogP contribution in [0, 0.1) is 0 Å². The van der Waals surface area contributed by atoms with Crippen LogP contribution in [0.1, 0.15) is 40.9 Å². The van der Waals surface area contributed by atoms with E-state index >= 15 is 0 Å². The van der Waals surface area contributed by atoms with Gasteiger partial charge in [0.25, 0.3) is 5.91 Å². The number of anilines is 1. The highest BCUT2D eigenvalue weighted by molar-refractivity contribution is 5.96. The zero-order chi connectivity index (χ0) is 19.4. The smallest absolute Gasteiger partial charge is 0.251 e. The molecule has 0 radical (unpaired) electrons. The second-order valence-corrected chi connectivity index (χ2v) is 6.30. The Morgan fingerprint density at radius 3 is 2.41 bits per heavy atom. The van der Waals surface area contributed by atoms with Crippen LogP contribution in [0.5, 0.6) is 0 Å². The third-order valence-electron chi connectivity index (χ3n) is 4.51. The first-order chi connectivity index (χ1) is 13.0. The highest BCUT2D eigenvalue weighted by Crippen LogP contribution is 2.33. The third-order valence-corrected chi connectivity index (χ3v) is 4.51. The molecule has 2 aromatic rings. The molecule has 1 aliphatic rings. The zero-order valence-electron chi connectivity index (χ0n) is 15.2. The highest BCUT2D eigenvalue weighted by atomic mass is 16.2. The lowest BCUT2D eigenvalue weighted by molar-refractivity contribution is -0.129. The zero-order valence-corrected chi connectivity index (χ0v) is 15.2. The number of fused-ring (bicyclic) bond motifs is 1. The van der Waals surface area contributed by atoms with Gasteiger partial charge in [0.1, 0.15) is 0 Å². The minimum absolute atomic E-state index is 0.117. The quantitative estimate of drug-likeness (QED) is 0.877. The van der Waals surface area contributed by atoms with E-state index in [0.717, 1.165) is 11.1 Å². The van der Waals surface area contributed by atoms with Gasteiger partial charge >= 0.3 is 0 Å². The fourth-order valence-corrected chi connectivity index (χ4v) is 3.15. The second-order valence-electron chi connectivity index (χ2n) is 6.30. The second kappa shape index (κ2) is 7.86. The Labute approximate surface area is 157 Å². The topological polar surface area (TPSA) is 78.5 Å².